The maximum absolute atomic E-state index is 11.7. The largest absolute Gasteiger partial charge is 0.372 e. The molecule has 0 spiro atoms. The lowest BCUT2D eigenvalue weighted by atomic mass is 10.2. The molecule has 4 heterocycles. The van der Waals surface area contributed by atoms with Crippen LogP contribution in [0.4, 0.5) is 17.5 Å². The summed E-state index contributed by atoms with van der Waals surface area (Å²) in [4.78, 5) is 29.2. The van der Waals surface area contributed by atoms with Crippen LogP contribution < -0.4 is 9.80 Å². The van der Waals surface area contributed by atoms with Crippen LogP contribution in [0.3, 0.4) is 0 Å². The predicted octanol–water partition coefficient (Wildman–Crippen LogP) is 2.79. The quantitative estimate of drug-likeness (QED) is 0.507. The van der Waals surface area contributed by atoms with E-state index in [1.165, 1.54) is 4.40 Å². The van der Waals surface area contributed by atoms with Gasteiger partial charge >= 0.3 is 5.82 Å². The number of imidazole rings is 1. The summed E-state index contributed by atoms with van der Waals surface area (Å²) in [5.74, 6) is 2.47. The third-order valence-corrected chi connectivity index (χ3v) is 4.94. The van der Waals surface area contributed by atoms with Crippen molar-refractivity contribution in [2.45, 2.75) is 26.7 Å². The number of hydrogen-bond acceptors (Lipinski definition) is 7. The molecule has 1 saturated heterocycles. The van der Waals surface area contributed by atoms with Gasteiger partial charge in [0.15, 0.2) is 0 Å². The van der Waals surface area contributed by atoms with Gasteiger partial charge in [0, 0.05) is 49.9 Å². The van der Waals surface area contributed by atoms with Crippen molar-refractivity contribution < 1.29 is 4.92 Å². The predicted molar refractivity (Wildman–Crippen MR) is 107 cm³/mol. The maximum atomic E-state index is 11.7. The van der Waals surface area contributed by atoms with Gasteiger partial charge in [-0.15, -0.1) is 0 Å². The number of piperazine rings is 1. The van der Waals surface area contributed by atoms with Crippen LogP contribution in [-0.2, 0) is 0 Å². The molecule has 3 aromatic rings. The third kappa shape index (κ3) is 3.23. The van der Waals surface area contributed by atoms with Crippen molar-refractivity contribution in [3.05, 3.63) is 52.1 Å². The number of rotatable bonds is 4. The molecule has 0 saturated carbocycles. The first-order valence-corrected chi connectivity index (χ1v) is 9.41. The van der Waals surface area contributed by atoms with Crippen LogP contribution in [0.5, 0.6) is 0 Å². The topological polar surface area (TPSA) is 92.7 Å². The molecule has 0 amide bonds. The van der Waals surface area contributed by atoms with Crippen molar-refractivity contribution in [3.63, 3.8) is 0 Å². The second-order valence-corrected chi connectivity index (χ2v) is 7.30. The number of anilines is 2. The zero-order valence-corrected chi connectivity index (χ0v) is 16.2. The van der Waals surface area contributed by atoms with Crippen LogP contribution in [0.1, 0.15) is 31.3 Å². The molecule has 4 rings (SSSR count). The molecule has 0 N–H and O–H groups in total. The molecule has 0 atom stereocenters. The summed E-state index contributed by atoms with van der Waals surface area (Å²) in [5.41, 5.74) is 1.53. The molecule has 0 unspecified atom stereocenters. The van der Waals surface area contributed by atoms with Crippen molar-refractivity contribution in [2.75, 3.05) is 36.0 Å². The fourth-order valence-electron chi connectivity index (χ4n) is 3.49. The normalized spacial score (nSPS) is 14.9. The van der Waals surface area contributed by atoms with E-state index < -0.39 is 0 Å². The summed E-state index contributed by atoms with van der Waals surface area (Å²) in [5, 5.41) is 11.7. The number of aryl methyl sites for hydroxylation is 1. The van der Waals surface area contributed by atoms with Crippen molar-refractivity contribution in [3.8, 4) is 0 Å². The van der Waals surface area contributed by atoms with Crippen LogP contribution in [0.15, 0.2) is 30.5 Å². The number of aromatic nitrogens is 4. The molecule has 0 aromatic carbocycles. The van der Waals surface area contributed by atoms with E-state index in [1.807, 2.05) is 24.0 Å². The maximum Gasteiger partial charge on any atom is 0.372 e. The first-order chi connectivity index (χ1) is 13.4. The van der Waals surface area contributed by atoms with Crippen LogP contribution in [0.25, 0.3) is 5.65 Å². The summed E-state index contributed by atoms with van der Waals surface area (Å²) < 4.78 is 1.53. The van der Waals surface area contributed by atoms with Crippen molar-refractivity contribution >= 4 is 23.1 Å². The van der Waals surface area contributed by atoms with E-state index in [-0.39, 0.29) is 16.7 Å². The Balaban J connectivity index is 1.58. The molecule has 9 heteroatoms. The third-order valence-electron chi connectivity index (χ3n) is 4.94. The van der Waals surface area contributed by atoms with E-state index in [4.69, 9.17) is 4.98 Å². The van der Waals surface area contributed by atoms with Crippen LogP contribution >= 0.6 is 0 Å². The molecule has 0 aliphatic carbocycles. The van der Waals surface area contributed by atoms with Crippen molar-refractivity contribution in [1.82, 2.24) is 19.4 Å². The van der Waals surface area contributed by atoms with Gasteiger partial charge in [0.2, 0.25) is 11.5 Å². The highest BCUT2D eigenvalue weighted by Gasteiger charge is 2.29. The van der Waals surface area contributed by atoms with E-state index in [2.05, 4.69) is 28.7 Å². The summed E-state index contributed by atoms with van der Waals surface area (Å²) in [6, 6.07) is 7.38. The molecule has 1 aliphatic heterocycles. The van der Waals surface area contributed by atoms with Gasteiger partial charge in [-0.05, 0) is 17.9 Å². The second-order valence-electron chi connectivity index (χ2n) is 7.30. The highest BCUT2D eigenvalue weighted by molar-refractivity contribution is 5.64. The number of pyridine rings is 1. The molecule has 0 radical (unpaired) electrons. The van der Waals surface area contributed by atoms with Gasteiger partial charge in [-0.2, -0.15) is 9.38 Å². The van der Waals surface area contributed by atoms with Gasteiger partial charge in [-0.1, -0.05) is 19.9 Å². The van der Waals surface area contributed by atoms with Crippen molar-refractivity contribution in [1.29, 1.82) is 0 Å². The Labute approximate surface area is 162 Å². The highest BCUT2D eigenvalue weighted by atomic mass is 16.6. The molecule has 28 heavy (non-hydrogen) atoms. The lowest BCUT2D eigenvalue weighted by Gasteiger charge is -2.35. The Kier molecular flexibility index (Phi) is 4.58. The zero-order valence-electron chi connectivity index (χ0n) is 16.2. The molecular weight excluding hydrogens is 358 g/mol. The fourth-order valence-corrected chi connectivity index (χ4v) is 3.49. The van der Waals surface area contributed by atoms with E-state index in [1.54, 1.807) is 18.3 Å². The molecular formula is C19H23N7O2. The van der Waals surface area contributed by atoms with Gasteiger partial charge in [-0.25, -0.2) is 9.97 Å². The van der Waals surface area contributed by atoms with E-state index in [9.17, 15) is 10.1 Å². The standard InChI is InChI=1S/C19H23N7O2/c1-13(2)17-20-14(3)12-16(21-17)23-8-10-24(11-9-23)18-19(26(27)28)25-7-5-4-6-15(25)22-18/h4-7,12-13H,8-11H2,1-3H3. The first kappa shape index (κ1) is 18.1. The number of nitro groups is 1. The molecule has 146 valence electrons. The fraction of sp³-hybridized carbons (Fsp3) is 0.421. The van der Waals surface area contributed by atoms with Crippen molar-refractivity contribution in [2.24, 2.45) is 0 Å². The average Bonchev–Trinajstić information content (AvgIpc) is 3.07. The molecule has 1 aliphatic rings. The highest BCUT2D eigenvalue weighted by Crippen LogP contribution is 2.30. The minimum Gasteiger partial charge on any atom is -0.358 e. The molecule has 0 bridgehead atoms. The minimum atomic E-state index is -0.357. The van der Waals surface area contributed by atoms with E-state index in [0.717, 1.165) is 30.4 Å². The summed E-state index contributed by atoms with van der Waals surface area (Å²) in [6.07, 6.45) is 1.68. The second kappa shape index (κ2) is 7.06. The van der Waals surface area contributed by atoms with E-state index in [0.29, 0.717) is 24.6 Å². The number of nitrogens with zero attached hydrogens (tertiary/aromatic N) is 7. The number of hydrogen-bond donors (Lipinski definition) is 0. The minimum absolute atomic E-state index is 0.0176. The Morgan fingerprint density at radius 2 is 1.79 bits per heavy atom. The van der Waals surface area contributed by atoms with Crippen LogP contribution in [-0.4, -0.2) is 50.5 Å². The zero-order chi connectivity index (χ0) is 19.8. The van der Waals surface area contributed by atoms with Gasteiger partial charge in [0.1, 0.15) is 11.6 Å². The smallest absolute Gasteiger partial charge is 0.358 e. The van der Waals surface area contributed by atoms with Gasteiger partial charge < -0.3 is 19.9 Å². The van der Waals surface area contributed by atoms with Gasteiger partial charge in [0.05, 0.1) is 6.20 Å². The number of fused-ring (bicyclic) bond motifs is 1. The summed E-state index contributed by atoms with van der Waals surface area (Å²) in [7, 11) is 0. The average molecular weight is 381 g/mol. The lowest BCUT2D eigenvalue weighted by molar-refractivity contribution is -0.389. The molecule has 3 aromatic heterocycles. The Bertz CT molecular complexity index is 1020. The first-order valence-electron chi connectivity index (χ1n) is 9.41. The Morgan fingerprint density at radius 1 is 1.07 bits per heavy atom. The Morgan fingerprint density at radius 3 is 2.46 bits per heavy atom. The monoisotopic (exact) mass is 381 g/mol. The van der Waals surface area contributed by atoms with E-state index >= 15 is 0 Å². The lowest BCUT2D eigenvalue weighted by Crippen LogP contribution is -2.47. The molecule has 9 nitrogen and oxygen atoms in total. The van der Waals surface area contributed by atoms with Gasteiger partial charge in [0.25, 0.3) is 0 Å². The summed E-state index contributed by atoms with van der Waals surface area (Å²) in [6.45, 7) is 8.87. The SMILES string of the molecule is Cc1cc(N2CCN(c3nc4ccccn4c3[N+](=O)[O-])CC2)nc(C(C)C)n1. The van der Waals surface area contributed by atoms with Crippen LogP contribution in [0.2, 0.25) is 0 Å². The Hall–Kier alpha value is -3.23. The van der Waals surface area contributed by atoms with Crippen LogP contribution in [0, 0.1) is 17.0 Å². The molecule has 1 fully saturated rings. The van der Waals surface area contributed by atoms with Gasteiger partial charge in [-0.3, -0.25) is 0 Å². The summed E-state index contributed by atoms with van der Waals surface area (Å²) >= 11 is 0.